The molecule has 0 fully saturated rings. The third-order valence-electron chi connectivity index (χ3n) is 2.53. The van der Waals surface area contributed by atoms with Gasteiger partial charge in [-0.15, -0.1) is 0 Å². The van der Waals surface area contributed by atoms with Crippen LogP contribution in [0.1, 0.15) is 5.56 Å². The molecule has 8 heteroatoms. The van der Waals surface area contributed by atoms with Crippen LogP contribution in [0.3, 0.4) is 0 Å². The Hall–Kier alpha value is -2.51. The number of anilines is 2. The minimum atomic E-state index is -4.56. The quantitative estimate of drug-likeness (QED) is 0.848. The molecule has 0 saturated heterocycles. The van der Waals surface area contributed by atoms with Crippen molar-refractivity contribution in [3.63, 3.8) is 0 Å². The minimum absolute atomic E-state index is 0.0360. The first kappa shape index (κ1) is 13.9. The lowest BCUT2D eigenvalue weighted by Gasteiger charge is -2.12. The number of hydrogen-bond donors (Lipinski definition) is 2. The zero-order chi connectivity index (χ0) is 14.8. The summed E-state index contributed by atoms with van der Waals surface area (Å²) in [6.07, 6.45) is -0.0547. The van der Waals surface area contributed by atoms with Crippen molar-refractivity contribution in [1.29, 1.82) is 0 Å². The summed E-state index contributed by atoms with van der Waals surface area (Å²) in [5.74, 6) is -0.458. The van der Waals surface area contributed by atoms with E-state index >= 15 is 0 Å². The van der Waals surface area contributed by atoms with E-state index in [9.17, 15) is 18.0 Å². The van der Waals surface area contributed by atoms with Gasteiger partial charge in [0.25, 0.3) is 0 Å². The molecule has 3 N–H and O–H groups in total. The topological polar surface area (TPSA) is 72.9 Å². The molecule has 0 aliphatic rings. The summed E-state index contributed by atoms with van der Waals surface area (Å²) >= 11 is 0. The van der Waals surface area contributed by atoms with E-state index < -0.39 is 17.6 Å². The first-order chi connectivity index (χ1) is 9.36. The molecule has 0 bridgehead atoms. The number of imidazole rings is 1. The molecule has 0 saturated carbocycles. The molecule has 106 valence electrons. The predicted octanol–water partition coefficient (Wildman–Crippen LogP) is 2.12. The Balaban J connectivity index is 2.12. The van der Waals surface area contributed by atoms with E-state index in [1.807, 2.05) is 0 Å². The van der Waals surface area contributed by atoms with Crippen LogP contribution >= 0.6 is 0 Å². The van der Waals surface area contributed by atoms with Crippen molar-refractivity contribution in [2.24, 2.45) is 0 Å². The van der Waals surface area contributed by atoms with Gasteiger partial charge < -0.3 is 15.6 Å². The lowest BCUT2D eigenvalue weighted by molar-refractivity contribution is -0.136. The third kappa shape index (κ3) is 3.28. The SMILES string of the molecule is Nc1ccc(NC(=O)Cn2ccnc2)cc1C(F)(F)F. The molecule has 5 nitrogen and oxygen atoms in total. The van der Waals surface area contributed by atoms with Gasteiger partial charge >= 0.3 is 6.18 Å². The maximum atomic E-state index is 12.7. The summed E-state index contributed by atoms with van der Waals surface area (Å²) in [6.45, 7) is -0.0360. The fraction of sp³-hybridized carbons (Fsp3) is 0.167. The Bertz CT molecular complexity index is 608. The molecule has 1 aromatic carbocycles. The van der Waals surface area contributed by atoms with Gasteiger partial charge in [0, 0.05) is 23.8 Å². The number of halogens is 3. The van der Waals surface area contributed by atoms with Crippen LogP contribution in [-0.2, 0) is 17.5 Å². The number of amides is 1. The summed E-state index contributed by atoms with van der Waals surface area (Å²) in [7, 11) is 0. The van der Waals surface area contributed by atoms with Crippen LogP contribution in [0.15, 0.2) is 36.9 Å². The highest BCUT2D eigenvalue weighted by molar-refractivity contribution is 5.90. The van der Waals surface area contributed by atoms with E-state index in [1.165, 1.54) is 23.2 Å². The zero-order valence-corrected chi connectivity index (χ0v) is 10.2. The average molecular weight is 284 g/mol. The number of hydrogen-bond acceptors (Lipinski definition) is 3. The van der Waals surface area contributed by atoms with Crippen molar-refractivity contribution >= 4 is 17.3 Å². The number of nitrogens with zero attached hydrogens (tertiary/aromatic N) is 2. The number of carbonyl (C=O) groups excluding carboxylic acids is 1. The summed E-state index contributed by atoms with van der Waals surface area (Å²) in [5.41, 5.74) is 3.95. The van der Waals surface area contributed by atoms with Crippen LogP contribution in [0.2, 0.25) is 0 Å². The molecular weight excluding hydrogens is 273 g/mol. The van der Waals surface area contributed by atoms with Gasteiger partial charge in [0.2, 0.25) is 5.91 Å². The zero-order valence-electron chi connectivity index (χ0n) is 10.2. The molecule has 1 heterocycles. The van der Waals surface area contributed by atoms with E-state index in [0.717, 1.165) is 12.1 Å². The second-order valence-corrected chi connectivity index (χ2v) is 4.08. The van der Waals surface area contributed by atoms with Crippen molar-refractivity contribution < 1.29 is 18.0 Å². The largest absolute Gasteiger partial charge is 0.418 e. The maximum Gasteiger partial charge on any atom is 0.418 e. The minimum Gasteiger partial charge on any atom is -0.398 e. The molecule has 0 unspecified atom stereocenters. The van der Waals surface area contributed by atoms with Crippen molar-refractivity contribution in [3.05, 3.63) is 42.5 Å². The van der Waals surface area contributed by atoms with Gasteiger partial charge in [0.05, 0.1) is 11.9 Å². The van der Waals surface area contributed by atoms with E-state index in [0.29, 0.717) is 0 Å². The van der Waals surface area contributed by atoms with Crippen LogP contribution in [-0.4, -0.2) is 15.5 Å². The molecular formula is C12H11F3N4O. The number of nitrogen functional groups attached to an aromatic ring is 1. The molecule has 2 aromatic rings. The molecule has 1 amide bonds. The van der Waals surface area contributed by atoms with Gasteiger partial charge in [-0.3, -0.25) is 4.79 Å². The predicted molar refractivity (Wildman–Crippen MR) is 66.7 cm³/mol. The molecule has 0 aliphatic heterocycles. The van der Waals surface area contributed by atoms with Gasteiger partial charge in [0.1, 0.15) is 6.54 Å². The van der Waals surface area contributed by atoms with Crippen molar-refractivity contribution in [2.75, 3.05) is 11.1 Å². The average Bonchev–Trinajstić information content (AvgIpc) is 2.83. The van der Waals surface area contributed by atoms with Gasteiger partial charge in [-0.2, -0.15) is 13.2 Å². The van der Waals surface area contributed by atoms with Crippen molar-refractivity contribution in [3.8, 4) is 0 Å². The first-order valence-electron chi connectivity index (χ1n) is 5.58. The van der Waals surface area contributed by atoms with E-state index in [2.05, 4.69) is 10.3 Å². The van der Waals surface area contributed by atoms with Crippen LogP contribution in [0, 0.1) is 0 Å². The summed E-state index contributed by atoms with van der Waals surface area (Å²) in [6, 6.07) is 3.23. The second kappa shape index (κ2) is 5.24. The van der Waals surface area contributed by atoms with E-state index in [1.54, 1.807) is 6.20 Å². The second-order valence-electron chi connectivity index (χ2n) is 4.08. The van der Waals surface area contributed by atoms with Crippen LogP contribution in [0.5, 0.6) is 0 Å². The molecule has 20 heavy (non-hydrogen) atoms. The number of carbonyl (C=O) groups is 1. The Kier molecular flexibility index (Phi) is 3.64. The lowest BCUT2D eigenvalue weighted by Crippen LogP contribution is -2.18. The number of nitrogens with one attached hydrogen (secondary N) is 1. The Morgan fingerprint density at radius 1 is 1.40 bits per heavy atom. The lowest BCUT2D eigenvalue weighted by atomic mass is 10.1. The fourth-order valence-corrected chi connectivity index (χ4v) is 1.63. The Morgan fingerprint density at radius 2 is 2.15 bits per heavy atom. The van der Waals surface area contributed by atoms with Gasteiger partial charge in [0.15, 0.2) is 0 Å². The van der Waals surface area contributed by atoms with Crippen molar-refractivity contribution in [1.82, 2.24) is 9.55 Å². The number of nitrogens with two attached hydrogens (primary N) is 1. The smallest absolute Gasteiger partial charge is 0.398 e. The van der Waals surface area contributed by atoms with E-state index in [4.69, 9.17) is 5.73 Å². The van der Waals surface area contributed by atoms with Crippen LogP contribution < -0.4 is 11.1 Å². The molecule has 0 spiro atoms. The highest BCUT2D eigenvalue weighted by Gasteiger charge is 2.33. The first-order valence-corrected chi connectivity index (χ1v) is 5.58. The summed E-state index contributed by atoms with van der Waals surface area (Å²) < 4.78 is 39.5. The maximum absolute atomic E-state index is 12.7. The molecule has 0 aliphatic carbocycles. The third-order valence-corrected chi connectivity index (χ3v) is 2.53. The summed E-state index contributed by atoms with van der Waals surface area (Å²) in [5, 5.41) is 2.38. The van der Waals surface area contributed by atoms with Gasteiger partial charge in [-0.25, -0.2) is 4.98 Å². The highest BCUT2D eigenvalue weighted by Crippen LogP contribution is 2.35. The molecule has 0 radical (unpaired) electrons. The van der Waals surface area contributed by atoms with Crippen molar-refractivity contribution in [2.45, 2.75) is 12.7 Å². The number of benzene rings is 1. The van der Waals surface area contributed by atoms with Crippen LogP contribution in [0.25, 0.3) is 0 Å². The highest BCUT2D eigenvalue weighted by atomic mass is 19.4. The Labute approximate surface area is 112 Å². The standard InChI is InChI=1S/C12H11F3N4O/c13-12(14,15)9-5-8(1-2-10(9)16)18-11(20)6-19-4-3-17-7-19/h1-5,7H,6,16H2,(H,18,20). The number of alkyl halides is 3. The molecule has 2 rings (SSSR count). The van der Waals surface area contributed by atoms with Gasteiger partial charge in [-0.1, -0.05) is 0 Å². The normalized spacial score (nSPS) is 11.3. The summed E-state index contributed by atoms with van der Waals surface area (Å²) in [4.78, 5) is 15.4. The van der Waals surface area contributed by atoms with Crippen LogP contribution in [0.4, 0.5) is 24.5 Å². The van der Waals surface area contributed by atoms with E-state index in [-0.39, 0.29) is 17.9 Å². The number of rotatable bonds is 3. The fourth-order valence-electron chi connectivity index (χ4n) is 1.63. The molecule has 1 aromatic heterocycles. The van der Waals surface area contributed by atoms with Gasteiger partial charge in [-0.05, 0) is 18.2 Å². The number of aromatic nitrogens is 2. The molecule has 0 atom stereocenters. The Morgan fingerprint density at radius 3 is 2.75 bits per heavy atom. The monoisotopic (exact) mass is 284 g/mol.